The van der Waals surface area contributed by atoms with Crippen molar-refractivity contribution in [3.63, 3.8) is 0 Å². The van der Waals surface area contributed by atoms with Crippen LogP contribution in [-0.4, -0.2) is 43.7 Å². The highest BCUT2D eigenvalue weighted by atomic mass is 32.2. The summed E-state index contributed by atoms with van der Waals surface area (Å²) >= 11 is 1.63. The zero-order valence-corrected chi connectivity index (χ0v) is 15.5. The molecule has 5 nitrogen and oxygen atoms in total. The number of thiazole rings is 1. The van der Waals surface area contributed by atoms with Gasteiger partial charge >= 0.3 is 6.03 Å². The molecule has 3 unspecified atom stereocenters. The van der Waals surface area contributed by atoms with Gasteiger partial charge < -0.3 is 10.2 Å². The average molecular weight is 344 g/mol. The van der Waals surface area contributed by atoms with Crippen molar-refractivity contribution >= 4 is 28.2 Å². The summed E-state index contributed by atoms with van der Waals surface area (Å²) < 4.78 is 11.8. The van der Waals surface area contributed by atoms with Crippen LogP contribution in [0.2, 0.25) is 0 Å². The van der Waals surface area contributed by atoms with E-state index in [1.807, 2.05) is 19.2 Å². The lowest BCUT2D eigenvalue weighted by Crippen LogP contribution is -2.55. The summed E-state index contributed by atoms with van der Waals surface area (Å²) in [5.74, 6) is 0.559. The highest BCUT2D eigenvalue weighted by Gasteiger charge is 2.32. The molecule has 0 aromatic carbocycles. The molecule has 22 heavy (non-hydrogen) atoms. The molecule has 1 aliphatic rings. The molecule has 0 aliphatic carbocycles. The molecule has 1 N–H and O–H groups in total. The zero-order chi connectivity index (χ0) is 16.5. The fourth-order valence-electron chi connectivity index (χ4n) is 2.34. The summed E-state index contributed by atoms with van der Waals surface area (Å²) in [6, 6.07) is -0.100. The van der Waals surface area contributed by atoms with E-state index in [9.17, 15) is 9.00 Å². The van der Waals surface area contributed by atoms with Gasteiger partial charge in [0.2, 0.25) is 0 Å². The first-order valence-corrected chi connectivity index (χ1v) is 9.83. The average Bonchev–Trinajstić information content (AvgIpc) is 2.91. The number of nitrogens with one attached hydrogen (secondary N) is 1. The fraction of sp³-hybridized carbons (Fsp3) is 0.733. The summed E-state index contributed by atoms with van der Waals surface area (Å²) in [5, 5.41) is 6.03. The largest absolute Gasteiger partial charge is 0.332 e. The molecule has 0 saturated carbocycles. The Morgan fingerprint density at radius 3 is 2.77 bits per heavy atom. The number of hydrogen-bond donors (Lipinski definition) is 1. The number of aromatic nitrogens is 1. The Kier molecular flexibility index (Phi) is 5.27. The van der Waals surface area contributed by atoms with Crippen molar-refractivity contribution in [3.05, 3.63) is 16.1 Å². The molecule has 124 valence electrons. The molecule has 2 amide bonds. The van der Waals surface area contributed by atoms with Crippen LogP contribution in [0.25, 0.3) is 0 Å². The van der Waals surface area contributed by atoms with Crippen LogP contribution < -0.4 is 5.32 Å². The molecule has 2 heterocycles. The molecule has 2 rings (SSSR count). The van der Waals surface area contributed by atoms with Gasteiger partial charge in [0, 0.05) is 39.9 Å². The van der Waals surface area contributed by atoms with E-state index < -0.39 is 10.8 Å². The van der Waals surface area contributed by atoms with Gasteiger partial charge in [-0.15, -0.1) is 11.3 Å². The summed E-state index contributed by atoms with van der Waals surface area (Å²) in [4.78, 5) is 18.7. The Balaban J connectivity index is 1.93. The van der Waals surface area contributed by atoms with Crippen molar-refractivity contribution in [3.8, 4) is 0 Å². The van der Waals surface area contributed by atoms with Gasteiger partial charge in [0.15, 0.2) is 0 Å². The second kappa shape index (κ2) is 6.66. The smallest absolute Gasteiger partial charge is 0.318 e. The molecule has 1 aromatic heterocycles. The number of carbonyl (C=O) groups is 1. The number of hydrogen-bond acceptors (Lipinski definition) is 4. The summed E-state index contributed by atoms with van der Waals surface area (Å²) in [5.41, 5.74) is 0.929. The van der Waals surface area contributed by atoms with E-state index in [4.69, 9.17) is 0 Å². The van der Waals surface area contributed by atoms with E-state index in [1.54, 1.807) is 16.2 Å². The van der Waals surface area contributed by atoms with Crippen LogP contribution in [0.4, 0.5) is 4.79 Å². The molecule has 1 saturated heterocycles. The Morgan fingerprint density at radius 2 is 2.18 bits per heavy atom. The highest BCUT2D eigenvalue weighted by Crippen LogP contribution is 2.25. The van der Waals surface area contributed by atoms with Crippen LogP contribution in [0.15, 0.2) is 5.38 Å². The molecular formula is C15H25N3O2S2. The standard InChI is InChI=1S/C15H25N3O2S2/c1-10-11(2)22(20)7-6-18(10)14(19)16-8-12-9-21-13(17-12)15(3,4)5/h9-11H,6-8H2,1-5H3,(H,16,19). The lowest BCUT2D eigenvalue weighted by atomic mass is 9.98. The predicted molar refractivity (Wildman–Crippen MR) is 91.7 cm³/mol. The van der Waals surface area contributed by atoms with Gasteiger partial charge in [0.1, 0.15) is 0 Å². The van der Waals surface area contributed by atoms with Crippen LogP contribution in [0.1, 0.15) is 45.3 Å². The number of nitrogens with zero attached hydrogens (tertiary/aromatic N) is 2. The third-order valence-corrected chi connectivity index (χ3v) is 7.12. The van der Waals surface area contributed by atoms with E-state index in [2.05, 4.69) is 31.1 Å². The van der Waals surface area contributed by atoms with E-state index in [0.29, 0.717) is 18.8 Å². The monoisotopic (exact) mass is 343 g/mol. The minimum absolute atomic E-state index is 0.00449. The minimum Gasteiger partial charge on any atom is -0.332 e. The van der Waals surface area contributed by atoms with E-state index in [1.165, 1.54) is 0 Å². The van der Waals surface area contributed by atoms with Crippen molar-refractivity contribution in [1.29, 1.82) is 0 Å². The van der Waals surface area contributed by atoms with E-state index in [0.717, 1.165) is 10.7 Å². The molecule has 7 heteroatoms. The molecule has 0 bridgehead atoms. The molecule has 1 aliphatic heterocycles. The Bertz CT molecular complexity index is 565. The Hall–Kier alpha value is -0.950. The van der Waals surface area contributed by atoms with Crippen LogP contribution >= 0.6 is 11.3 Å². The summed E-state index contributed by atoms with van der Waals surface area (Å²) in [7, 11) is -0.831. The van der Waals surface area contributed by atoms with Gasteiger partial charge in [0.25, 0.3) is 0 Å². The number of carbonyl (C=O) groups excluding carboxylic acids is 1. The molecular weight excluding hydrogens is 318 g/mol. The topological polar surface area (TPSA) is 62.3 Å². The normalized spacial score (nSPS) is 26.0. The maximum atomic E-state index is 12.3. The van der Waals surface area contributed by atoms with Crippen molar-refractivity contribution in [2.75, 3.05) is 12.3 Å². The van der Waals surface area contributed by atoms with Gasteiger partial charge in [0.05, 0.1) is 22.5 Å². The maximum Gasteiger partial charge on any atom is 0.318 e. The van der Waals surface area contributed by atoms with Crippen LogP contribution in [0.5, 0.6) is 0 Å². The molecule has 0 radical (unpaired) electrons. The summed E-state index contributed by atoms with van der Waals surface area (Å²) in [6.07, 6.45) is 0. The second-order valence-electron chi connectivity index (χ2n) is 6.78. The van der Waals surface area contributed by atoms with E-state index in [-0.39, 0.29) is 22.7 Å². The van der Waals surface area contributed by atoms with Crippen LogP contribution in [0, 0.1) is 0 Å². The Morgan fingerprint density at radius 1 is 1.50 bits per heavy atom. The first-order valence-electron chi connectivity index (χ1n) is 7.56. The molecule has 3 atom stereocenters. The van der Waals surface area contributed by atoms with Gasteiger partial charge in [-0.2, -0.15) is 0 Å². The first kappa shape index (κ1) is 17.4. The number of rotatable bonds is 2. The molecule has 0 spiro atoms. The zero-order valence-electron chi connectivity index (χ0n) is 13.9. The first-order chi connectivity index (χ1) is 10.2. The third kappa shape index (κ3) is 3.87. The van der Waals surface area contributed by atoms with E-state index >= 15 is 0 Å². The predicted octanol–water partition coefficient (Wildman–Crippen LogP) is 2.49. The maximum absolute atomic E-state index is 12.3. The highest BCUT2D eigenvalue weighted by molar-refractivity contribution is 7.85. The molecule has 1 fully saturated rings. The van der Waals surface area contributed by atoms with Crippen molar-refractivity contribution in [1.82, 2.24) is 15.2 Å². The van der Waals surface area contributed by atoms with Gasteiger partial charge in [-0.1, -0.05) is 20.8 Å². The van der Waals surface area contributed by atoms with Gasteiger partial charge in [-0.25, -0.2) is 9.78 Å². The van der Waals surface area contributed by atoms with Crippen molar-refractivity contribution in [2.24, 2.45) is 0 Å². The summed E-state index contributed by atoms with van der Waals surface area (Å²) in [6.45, 7) is 11.3. The fourth-order valence-corrected chi connectivity index (χ4v) is 4.58. The number of urea groups is 1. The second-order valence-corrected chi connectivity index (χ2v) is 9.55. The lowest BCUT2D eigenvalue weighted by Gasteiger charge is -2.37. The SMILES string of the molecule is CC1C(C)S(=O)CCN1C(=O)NCc1csc(C(C)(C)C)n1. The van der Waals surface area contributed by atoms with Crippen molar-refractivity contribution in [2.45, 2.75) is 57.9 Å². The Labute approximate surface area is 139 Å². The van der Waals surface area contributed by atoms with Crippen molar-refractivity contribution < 1.29 is 9.00 Å². The number of amides is 2. The van der Waals surface area contributed by atoms with Gasteiger partial charge in [-0.3, -0.25) is 4.21 Å². The lowest BCUT2D eigenvalue weighted by molar-refractivity contribution is 0.179. The quantitative estimate of drug-likeness (QED) is 0.897. The minimum atomic E-state index is -0.831. The third-order valence-electron chi connectivity index (χ3n) is 3.99. The molecule has 1 aromatic rings. The van der Waals surface area contributed by atoms with Crippen LogP contribution in [0.3, 0.4) is 0 Å². The van der Waals surface area contributed by atoms with Crippen LogP contribution in [-0.2, 0) is 22.8 Å². The van der Waals surface area contributed by atoms with Gasteiger partial charge in [-0.05, 0) is 13.8 Å².